The van der Waals surface area contributed by atoms with Gasteiger partial charge in [-0.1, -0.05) is 30.3 Å². The lowest BCUT2D eigenvalue weighted by atomic mass is 9.90. The Morgan fingerprint density at radius 2 is 1.73 bits per heavy atom. The third-order valence-electron chi connectivity index (χ3n) is 4.62. The van der Waals surface area contributed by atoms with Crippen LogP contribution in [0.4, 0.5) is 10.1 Å². The molecule has 0 radical (unpaired) electrons. The molecule has 0 bridgehead atoms. The molecule has 1 atom stereocenters. The second kappa shape index (κ2) is 5.85. The Labute approximate surface area is 151 Å². The Morgan fingerprint density at radius 3 is 2.50 bits per heavy atom. The molecule has 1 aliphatic rings. The van der Waals surface area contributed by atoms with Crippen LogP contribution in [0, 0.1) is 5.82 Å². The second-order valence-electron chi connectivity index (χ2n) is 6.22. The van der Waals surface area contributed by atoms with Gasteiger partial charge in [0.05, 0.1) is 16.6 Å². The normalized spacial score (nSPS) is 16.1. The van der Waals surface area contributed by atoms with Gasteiger partial charge in [0.15, 0.2) is 0 Å². The molecule has 4 rings (SSSR count). The van der Waals surface area contributed by atoms with Crippen molar-refractivity contribution in [3.63, 3.8) is 0 Å². The minimum Gasteiger partial charge on any atom is -0.508 e. The first-order chi connectivity index (χ1) is 12.4. The monoisotopic (exact) mass is 369 g/mol. The minimum atomic E-state index is -4.00. The molecule has 0 aromatic heterocycles. The predicted molar refractivity (Wildman–Crippen MR) is 98.0 cm³/mol. The van der Waals surface area contributed by atoms with Gasteiger partial charge in [0.1, 0.15) is 11.6 Å². The average Bonchev–Trinajstić information content (AvgIpc) is 2.61. The van der Waals surface area contributed by atoms with E-state index in [0.29, 0.717) is 11.3 Å². The van der Waals surface area contributed by atoms with E-state index in [2.05, 4.69) is 0 Å². The Kier molecular flexibility index (Phi) is 3.73. The molecule has 6 heteroatoms. The lowest BCUT2D eigenvalue weighted by molar-refractivity contribution is 0.473. The number of aromatic hydroxyl groups is 1. The van der Waals surface area contributed by atoms with Crippen LogP contribution in [0.3, 0.4) is 0 Å². The van der Waals surface area contributed by atoms with E-state index in [9.17, 15) is 17.9 Å². The van der Waals surface area contributed by atoms with Gasteiger partial charge < -0.3 is 5.11 Å². The number of phenolic OH excluding ortho intramolecular Hbond substituents is 1. The van der Waals surface area contributed by atoms with E-state index >= 15 is 0 Å². The summed E-state index contributed by atoms with van der Waals surface area (Å²) in [5.74, 6) is -0.651. The van der Waals surface area contributed by atoms with Crippen LogP contribution in [0.15, 0.2) is 71.6 Å². The van der Waals surface area contributed by atoms with Gasteiger partial charge in [0.25, 0.3) is 10.0 Å². The highest BCUT2D eigenvalue weighted by atomic mass is 32.2. The molecule has 0 saturated carbocycles. The Morgan fingerprint density at radius 1 is 0.962 bits per heavy atom. The lowest BCUT2D eigenvalue weighted by Gasteiger charge is -2.37. The van der Waals surface area contributed by atoms with Gasteiger partial charge in [-0.3, -0.25) is 4.31 Å². The topological polar surface area (TPSA) is 57.6 Å². The van der Waals surface area contributed by atoms with Gasteiger partial charge in [-0.2, -0.15) is 0 Å². The average molecular weight is 369 g/mol. The summed E-state index contributed by atoms with van der Waals surface area (Å²) in [5.41, 5.74) is 2.68. The molecule has 4 nitrogen and oxygen atoms in total. The fourth-order valence-corrected chi connectivity index (χ4v) is 5.14. The van der Waals surface area contributed by atoms with Crippen molar-refractivity contribution in [1.29, 1.82) is 0 Å². The van der Waals surface area contributed by atoms with Gasteiger partial charge in [-0.05, 0) is 48.4 Å². The van der Waals surface area contributed by atoms with E-state index in [0.717, 1.165) is 11.1 Å². The van der Waals surface area contributed by atoms with E-state index in [-0.39, 0.29) is 10.6 Å². The highest BCUT2D eigenvalue weighted by Gasteiger charge is 2.37. The maximum Gasteiger partial charge on any atom is 0.265 e. The molecule has 1 N–H and O–H groups in total. The first kappa shape index (κ1) is 16.6. The number of nitrogens with zero attached hydrogens (tertiary/aromatic N) is 1. The number of hydrogen-bond acceptors (Lipinski definition) is 3. The van der Waals surface area contributed by atoms with Gasteiger partial charge in [0, 0.05) is 11.6 Å². The molecule has 0 amide bonds. The molecule has 0 unspecified atom stereocenters. The number of benzene rings is 3. The molecular formula is C20H16FNO3S. The maximum absolute atomic E-state index is 14.0. The summed E-state index contributed by atoms with van der Waals surface area (Å²) in [6, 6.07) is 16.6. The Balaban J connectivity index is 1.99. The minimum absolute atomic E-state index is 0.0426. The summed E-state index contributed by atoms with van der Waals surface area (Å²) >= 11 is 0. The van der Waals surface area contributed by atoms with Crippen LogP contribution in [-0.2, 0) is 10.0 Å². The van der Waals surface area contributed by atoms with Crippen molar-refractivity contribution in [1.82, 2.24) is 0 Å². The summed E-state index contributed by atoms with van der Waals surface area (Å²) in [5, 5.41) is 9.69. The molecule has 0 fully saturated rings. The van der Waals surface area contributed by atoms with E-state index in [1.807, 2.05) is 24.3 Å². The van der Waals surface area contributed by atoms with Crippen LogP contribution in [-0.4, -0.2) is 13.5 Å². The van der Waals surface area contributed by atoms with E-state index in [1.54, 1.807) is 13.0 Å². The number of fused-ring (bicyclic) bond motifs is 3. The third kappa shape index (κ3) is 2.45. The SMILES string of the molecule is C[C@@H]1c2ccccc2-c2ccc(F)cc2N1S(=O)(=O)c1cccc(O)c1. The van der Waals surface area contributed by atoms with Gasteiger partial charge >= 0.3 is 0 Å². The fraction of sp³-hybridized carbons (Fsp3) is 0.100. The van der Waals surface area contributed by atoms with Crippen molar-refractivity contribution in [2.24, 2.45) is 0 Å². The van der Waals surface area contributed by atoms with Gasteiger partial charge in [0.2, 0.25) is 0 Å². The number of halogens is 1. The lowest BCUT2D eigenvalue weighted by Crippen LogP contribution is -2.36. The molecule has 26 heavy (non-hydrogen) atoms. The van der Waals surface area contributed by atoms with E-state index in [4.69, 9.17) is 0 Å². The number of sulfonamides is 1. The van der Waals surface area contributed by atoms with Gasteiger partial charge in [-0.25, -0.2) is 12.8 Å². The molecular weight excluding hydrogens is 353 g/mol. The van der Waals surface area contributed by atoms with Crippen LogP contribution in [0.2, 0.25) is 0 Å². The molecule has 0 aliphatic carbocycles. The first-order valence-electron chi connectivity index (χ1n) is 8.12. The summed E-state index contributed by atoms with van der Waals surface area (Å²) in [4.78, 5) is -0.0426. The zero-order valence-electron chi connectivity index (χ0n) is 13.9. The van der Waals surface area contributed by atoms with Crippen molar-refractivity contribution in [2.75, 3.05) is 4.31 Å². The summed E-state index contributed by atoms with van der Waals surface area (Å²) < 4.78 is 41.8. The van der Waals surface area contributed by atoms with Crippen LogP contribution in [0.1, 0.15) is 18.5 Å². The smallest absolute Gasteiger partial charge is 0.265 e. The largest absolute Gasteiger partial charge is 0.508 e. The maximum atomic E-state index is 14.0. The summed E-state index contributed by atoms with van der Waals surface area (Å²) in [6.45, 7) is 1.77. The quantitative estimate of drug-likeness (QED) is 0.725. The molecule has 0 saturated heterocycles. The van der Waals surface area contributed by atoms with Crippen LogP contribution in [0.25, 0.3) is 11.1 Å². The highest BCUT2D eigenvalue weighted by Crippen LogP contribution is 2.47. The number of phenols is 1. The summed E-state index contributed by atoms with van der Waals surface area (Å²) in [6.07, 6.45) is 0. The van der Waals surface area contributed by atoms with Gasteiger partial charge in [-0.15, -0.1) is 0 Å². The molecule has 0 spiro atoms. The van der Waals surface area contributed by atoms with Crippen molar-refractivity contribution >= 4 is 15.7 Å². The van der Waals surface area contributed by atoms with Crippen LogP contribution < -0.4 is 4.31 Å². The van der Waals surface area contributed by atoms with Crippen molar-refractivity contribution in [3.05, 3.63) is 78.1 Å². The van der Waals surface area contributed by atoms with Crippen LogP contribution >= 0.6 is 0 Å². The van der Waals surface area contributed by atoms with E-state index < -0.39 is 21.9 Å². The van der Waals surface area contributed by atoms with E-state index in [1.165, 1.54) is 40.7 Å². The molecule has 3 aromatic rings. The number of hydrogen-bond donors (Lipinski definition) is 1. The fourth-order valence-electron chi connectivity index (χ4n) is 3.45. The Bertz CT molecular complexity index is 1110. The van der Waals surface area contributed by atoms with Crippen molar-refractivity contribution in [3.8, 4) is 16.9 Å². The number of rotatable bonds is 2. The molecule has 1 heterocycles. The van der Waals surface area contributed by atoms with Crippen LogP contribution in [0.5, 0.6) is 5.75 Å². The standard InChI is InChI=1S/C20H16FNO3S/c1-13-17-7-2-3-8-18(17)19-10-9-14(21)11-20(19)22(13)26(24,25)16-6-4-5-15(23)12-16/h2-13,23H,1H3/t13-/m1/s1. The molecule has 3 aromatic carbocycles. The number of anilines is 1. The first-order valence-corrected chi connectivity index (χ1v) is 9.56. The predicted octanol–water partition coefficient (Wildman–Crippen LogP) is 4.47. The highest BCUT2D eigenvalue weighted by molar-refractivity contribution is 7.92. The Hall–Kier alpha value is -2.86. The van der Waals surface area contributed by atoms with Crippen molar-refractivity contribution < 1.29 is 17.9 Å². The zero-order valence-corrected chi connectivity index (χ0v) is 14.7. The molecule has 1 aliphatic heterocycles. The molecule has 132 valence electrons. The second-order valence-corrected chi connectivity index (χ2v) is 8.04. The zero-order chi connectivity index (χ0) is 18.5. The van der Waals surface area contributed by atoms with Crippen molar-refractivity contribution in [2.45, 2.75) is 17.9 Å². The summed E-state index contributed by atoms with van der Waals surface area (Å²) in [7, 11) is -4.00. The third-order valence-corrected chi connectivity index (χ3v) is 6.50.